The van der Waals surface area contributed by atoms with E-state index in [9.17, 15) is 17.6 Å². The highest BCUT2D eigenvalue weighted by molar-refractivity contribution is 5.30. The molecule has 0 aliphatic carbocycles. The molecule has 1 rings (SSSR count). The number of nitrogens with one attached hydrogen (secondary N) is 1. The van der Waals surface area contributed by atoms with E-state index in [4.69, 9.17) is 5.84 Å². The predicted molar refractivity (Wildman–Crippen MR) is 65.5 cm³/mol. The minimum atomic E-state index is -4.71. The van der Waals surface area contributed by atoms with Gasteiger partial charge in [-0.25, -0.2) is 4.39 Å². The fraction of sp³-hybridized carbons (Fsp3) is 0.538. The Morgan fingerprint density at radius 3 is 2.26 bits per heavy atom. The first-order chi connectivity index (χ1) is 8.63. The second-order valence-electron chi connectivity index (χ2n) is 5.18. The maximum atomic E-state index is 13.2. The normalized spacial score (nSPS) is 14.5. The Morgan fingerprint density at radius 1 is 1.26 bits per heavy atom. The average molecular weight is 278 g/mol. The standard InChI is InChI=1S/C13H18F4N2/c1-4-12(2,3)11(19-18)8-5-6-10(14)9(7-8)13(15,16)17/h5-7,11,19H,4,18H2,1-3H3. The molecular formula is C13H18F4N2. The number of hydrogen-bond acceptors (Lipinski definition) is 2. The van der Waals surface area contributed by atoms with Gasteiger partial charge in [-0.2, -0.15) is 13.2 Å². The van der Waals surface area contributed by atoms with Crippen molar-refractivity contribution in [3.63, 3.8) is 0 Å². The molecule has 0 heterocycles. The summed E-state index contributed by atoms with van der Waals surface area (Å²) in [6.07, 6.45) is -4.00. The number of benzene rings is 1. The molecule has 0 saturated heterocycles. The third-order valence-electron chi connectivity index (χ3n) is 3.49. The molecule has 1 unspecified atom stereocenters. The van der Waals surface area contributed by atoms with Crippen molar-refractivity contribution in [3.05, 3.63) is 35.1 Å². The summed E-state index contributed by atoms with van der Waals surface area (Å²) in [6, 6.07) is 2.48. The van der Waals surface area contributed by atoms with Crippen LogP contribution in [0.3, 0.4) is 0 Å². The molecular weight excluding hydrogens is 260 g/mol. The van der Waals surface area contributed by atoms with Crippen molar-refractivity contribution >= 4 is 0 Å². The van der Waals surface area contributed by atoms with Crippen molar-refractivity contribution < 1.29 is 17.6 Å². The van der Waals surface area contributed by atoms with Crippen LogP contribution in [0, 0.1) is 11.2 Å². The van der Waals surface area contributed by atoms with Crippen molar-refractivity contribution in [2.75, 3.05) is 0 Å². The van der Waals surface area contributed by atoms with Gasteiger partial charge in [0.25, 0.3) is 0 Å². The zero-order chi connectivity index (χ0) is 14.8. The average Bonchev–Trinajstić information content (AvgIpc) is 2.30. The lowest BCUT2D eigenvalue weighted by molar-refractivity contribution is -0.140. The quantitative estimate of drug-likeness (QED) is 0.499. The van der Waals surface area contributed by atoms with Crippen LogP contribution in [0.1, 0.15) is 44.4 Å². The molecule has 6 heteroatoms. The van der Waals surface area contributed by atoms with E-state index in [1.165, 1.54) is 6.07 Å². The van der Waals surface area contributed by atoms with Crippen LogP contribution in [0.4, 0.5) is 17.6 Å². The summed E-state index contributed by atoms with van der Waals surface area (Å²) in [6.45, 7) is 5.68. The van der Waals surface area contributed by atoms with Gasteiger partial charge < -0.3 is 0 Å². The van der Waals surface area contributed by atoms with Crippen molar-refractivity contribution in [1.29, 1.82) is 0 Å². The third-order valence-corrected chi connectivity index (χ3v) is 3.49. The summed E-state index contributed by atoms with van der Waals surface area (Å²) in [7, 11) is 0. The topological polar surface area (TPSA) is 38.0 Å². The van der Waals surface area contributed by atoms with Crippen LogP contribution in [-0.2, 0) is 6.18 Å². The van der Waals surface area contributed by atoms with Crippen LogP contribution in [0.15, 0.2) is 18.2 Å². The molecule has 0 amide bonds. The van der Waals surface area contributed by atoms with E-state index in [0.717, 1.165) is 12.1 Å². The lowest BCUT2D eigenvalue weighted by Gasteiger charge is -2.33. The lowest BCUT2D eigenvalue weighted by atomic mass is 9.78. The highest BCUT2D eigenvalue weighted by Gasteiger charge is 2.36. The van der Waals surface area contributed by atoms with Crippen molar-refractivity contribution in [1.82, 2.24) is 5.43 Å². The molecule has 0 aromatic heterocycles. The molecule has 0 saturated carbocycles. The molecule has 0 aliphatic rings. The van der Waals surface area contributed by atoms with Gasteiger partial charge in [-0.05, 0) is 29.5 Å². The summed E-state index contributed by atoms with van der Waals surface area (Å²) in [4.78, 5) is 0. The van der Waals surface area contributed by atoms with Gasteiger partial charge in [0.1, 0.15) is 5.82 Å². The molecule has 2 nitrogen and oxygen atoms in total. The minimum absolute atomic E-state index is 0.322. The van der Waals surface area contributed by atoms with Crippen molar-refractivity contribution in [2.45, 2.75) is 39.4 Å². The van der Waals surface area contributed by atoms with E-state index < -0.39 is 23.6 Å². The van der Waals surface area contributed by atoms with Crippen LogP contribution in [0.25, 0.3) is 0 Å². The Bertz CT molecular complexity index is 441. The van der Waals surface area contributed by atoms with E-state index >= 15 is 0 Å². The Hall–Kier alpha value is -1.14. The maximum absolute atomic E-state index is 13.2. The van der Waals surface area contributed by atoms with Gasteiger partial charge in [0, 0.05) is 0 Å². The molecule has 1 aromatic carbocycles. The van der Waals surface area contributed by atoms with Gasteiger partial charge in [0.15, 0.2) is 0 Å². The fourth-order valence-electron chi connectivity index (χ4n) is 1.92. The van der Waals surface area contributed by atoms with Crippen LogP contribution in [0.5, 0.6) is 0 Å². The molecule has 0 radical (unpaired) electrons. The Kier molecular flexibility index (Phi) is 4.58. The summed E-state index contributed by atoms with van der Waals surface area (Å²) >= 11 is 0. The highest BCUT2D eigenvalue weighted by atomic mass is 19.4. The number of hydrazine groups is 1. The molecule has 1 atom stereocenters. The van der Waals surface area contributed by atoms with E-state index in [1.807, 2.05) is 20.8 Å². The van der Waals surface area contributed by atoms with Gasteiger partial charge >= 0.3 is 6.18 Å². The first-order valence-electron chi connectivity index (χ1n) is 5.96. The highest BCUT2D eigenvalue weighted by Crippen LogP contribution is 2.38. The summed E-state index contributed by atoms with van der Waals surface area (Å²) in [5.74, 6) is 4.16. The predicted octanol–water partition coefficient (Wildman–Crippen LogP) is 3.79. The monoisotopic (exact) mass is 278 g/mol. The van der Waals surface area contributed by atoms with Crippen LogP contribution in [-0.4, -0.2) is 0 Å². The smallest absolute Gasteiger partial charge is 0.271 e. The zero-order valence-electron chi connectivity index (χ0n) is 11.1. The lowest BCUT2D eigenvalue weighted by Crippen LogP contribution is -2.38. The molecule has 108 valence electrons. The van der Waals surface area contributed by atoms with Gasteiger partial charge in [-0.1, -0.05) is 26.8 Å². The van der Waals surface area contributed by atoms with Gasteiger partial charge in [0.05, 0.1) is 11.6 Å². The molecule has 1 aromatic rings. The second-order valence-corrected chi connectivity index (χ2v) is 5.18. The van der Waals surface area contributed by atoms with E-state index in [-0.39, 0.29) is 5.41 Å². The first-order valence-corrected chi connectivity index (χ1v) is 5.96. The summed E-state index contributed by atoms with van der Waals surface area (Å²) < 4.78 is 51.3. The number of nitrogens with two attached hydrogens (primary N) is 1. The number of rotatable bonds is 4. The van der Waals surface area contributed by atoms with Gasteiger partial charge in [-0.3, -0.25) is 11.3 Å². The Balaban J connectivity index is 3.28. The van der Waals surface area contributed by atoms with Crippen LogP contribution >= 0.6 is 0 Å². The molecule has 19 heavy (non-hydrogen) atoms. The third kappa shape index (κ3) is 3.45. The molecule has 3 N–H and O–H groups in total. The van der Waals surface area contributed by atoms with Crippen LogP contribution in [0.2, 0.25) is 0 Å². The Morgan fingerprint density at radius 2 is 1.84 bits per heavy atom. The molecule has 0 fully saturated rings. The fourth-order valence-corrected chi connectivity index (χ4v) is 1.92. The Labute approximate surface area is 110 Å². The summed E-state index contributed by atoms with van der Waals surface area (Å²) in [5.41, 5.74) is 1.22. The number of alkyl halides is 3. The van der Waals surface area contributed by atoms with E-state index in [0.29, 0.717) is 12.0 Å². The van der Waals surface area contributed by atoms with E-state index in [2.05, 4.69) is 5.43 Å². The zero-order valence-corrected chi connectivity index (χ0v) is 11.1. The number of halogens is 4. The van der Waals surface area contributed by atoms with Crippen LogP contribution < -0.4 is 11.3 Å². The first kappa shape index (κ1) is 15.9. The largest absolute Gasteiger partial charge is 0.419 e. The second kappa shape index (κ2) is 5.46. The number of hydrogen-bond donors (Lipinski definition) is 2. The molecule has 0 spiro atoms. The molecule has 0 aliphatic heterocycles. The van der Waals surface area contributed by atoms with Crippen molar-refractivity contribution in [2.24, 2.45) is 11.3 Å². The SMILES string of the molecule is CCC(C)(C)C(NN)c1ccc(F)c(C(F)(F)F)c1. The summed E-state index contributed by atoms with van der Waals surface area (Å²) in [5, 5.41) is 0. The van der Waals surface area contributed by atoms with Crippen molar-refractivity contribution in [3.8, 4) is 0 Å². The van der Waals surface area contributed by atoms with E-state index in [1.54, 1.807) is 0 Å². The van der Waals surface area contributed by atoms with Gasteiger partial charge in [-0.15, -0.1) is 0 Å². The minimum Gasteiger partial charge on any atom is -0.271 e. The van der Waals surface area contributed by atoms with Gasteiger partial charge in [0.2, 0.25) is 0 Å². The maximum Gasteiger partial charge on any atom is 0.419 e. The molecule has 0 bridgehead atoms.